The minimum Gasteiger partial charge on any atom is -0.346 e. The lowest BCUT2D eigenvalue weighted by Gasteiger charge is -2.23. The number of ether oxygens (including phenoxy) is 2. The Morgan fingerprint density at radius 3 is 2.93 bits per heavy atom. The summed E-state index contributed by atoms with van der Waals surface area (Å²) in [6.07, 6.45) is 3.83. The summed E-state index contributed by atoms with van der Waals surface area (Å²) in [6.45, 7) is 2.74. The lowest BCUT2D eigenvalue weighted by molar-refractivity contribution is -0.154. The highest BCUT2D eigenvalue weighted by molar-refractivity contribution is 6.18. The van der Waals surface area contributed by atoms with Crippen LogP contribution in [0.25, 0.3) is 0 Å². The Bertz CT molecular complexity index is 234. The van der Waals surface area contributed by atoms with Gasteiger partial charge in [0.15, 0.2) is 5.79 Å². The van der Waals surface area contributed by atoms with Crippen LogP contribution in [0.4, 0.5) is 0 Å². The quantitative estimate of drug-likeness (QED) is 0.649. The standard InChI is InChI=1S/C10H16ClNO2/c11-5-9-6-13-10(14-9)3-4-12(7-10)8-1-2-8/h8-9H,1-7H2. The van der Waals surface area contributed by atoms with E-state index in [1.807, 2.05) is 0 Å². The second kappa shape index (κ2) is 3.34. The molecule has 0 aromatic carbocycles. The maximum atomic E-state index is 5.87. The van der Waals surface area contributed by atoms with Crippen molar-refractivity contribution in [1.29, 1.82) is 0 Å². The van der Waals surface area contributed by atoms with E-state index in [1.165, 1.54) is 12.8 Å². The van der Waals surface area contributed by atoms with Crippen molar-refractivity contribution in [3.05, 3.63) is 0 Å². The Labute approximate surface area is 89.3 Å². The van der Waals surface area contributed by atoms with Gasteiger partial charge in [-0.3, -0.25) is 4.90 Å². The fourth-order valence-electron chi connectivity index (χ4n) is 2.44. The first-order chi connectivity index (χ1) is 6.81. The summed E-state index contributed by atoms with van der Waals surface area (Å²) in [6, 6.07) is 0.816. The second-order valence-corrected chi connectivity index (χ2v) is 4.88. The SMILES string of the molecule is ClCC1COC2(CCN(C3CC3)C2)O1. The van der Waals surface area contributed by atoms with E-state index < -0.39 is 0 Å². The fraction of sp³-hybridized carbons (Fsp3) is 1.00. The van der Waals surface area contributed by atoms with Crippen LogP contribution in [0.2, 0.25) is 0 Å². The van der Waals surface area contributed by atoms with Crippen molar-refractivity contribution >= 4 is 11.6 Å². The molecule has 4 heteroatoms. The molecule has 0 aromatic heterocycles. The summed E-state index contributed by atoms with van der Waals surface area (Å²) in [5.74, 6) is 0.243. The predicted octanol–water partition coefficient (Wildman–Crippen LogP) is 1.21. The van der Waals surface area contributed by atoms with Gasteiger partial charge in [0.2, 0.25) is 0 Å². The van der Waals surface area contributed by atoms with Crippen LogP contribution in [0.1, 0.15) is 19.3 Å². The zero-order chi connectivity index (χ0) is 9.60. The van der Waals surface area contributed by atoms with Gasteiger partial charge in [-0.05, 0) is 12.8 Å². The molecule has 2 unspecified atom stereocenters. The monoisotopic (exact) mass is 217 g/mol. The van der Waals surface area contributed by atoms with Crippen molar-refractivity contribution in [3.8, 4) is 0 Å². The molecule has 0 N–H and O–H groups in total. The third kappa shape index (κ3) is 1.56. The van der Waals surface area contributed by atoms with Crippen molar-refractivity contribution < 1.29 is 9.47 Å². The van der Waals surface area contributed by atoms with Gasteiger partial charge >= 0.3 is 0 Å². The molecule has 14 heavy (non-hydrogen) atoms. The Balaban J connectivity index is 1.63. The summed E-state index contributed by atoms with van der Waals surface area (Å²) in [5.41, 5.74) is 0. The molecule has 80 valence electrons. The van der Waals surface area contributed by atoms with E-state index >= 15 is 0 Å². The highest BCUT2D eigenvalue weighted by Crippen LogP contribution is 2.38. The van der Waals surface area contributed by atoms with Crippen LogP contribution >= 0.6 is 11.6 Å². The molecule has 2 saturated heterocycles. The molecule has 3 rings (SSSR count). The maximum Gasteiger partial charge on any atom is 0.182 e. The summed E-state index contributed by atoms with van der Waals surface area (Å²) in [4.78, 5) is 2.50. The highest BCUT2D eigenvalue weighted by Gasteiger charge is 2.49. The molecule has 1 spiro atoms. The van der Waals surface area contributed by atoms with Crippen molar-refractivity contribution in [2.45, 2.75) is 37.2 Å². The third-order valence-corrected chi connectivity index (χ3v) is 3.72. The number of halogens is 1. The first kappa shape index (κ1) is 9.40. The smallest absolute Gasteiger partial charge is 0.182 e. The zero-order valence-corrected chi connectivity index (χ0v) is 9.00. The number of likely N-dealkylation sites (tertiary alicyclic amines) is 1. The molecule has 1 aliphatic carbocycles. The molecule has 2 aliphatic heterocycles. The number of rotatable bonds is 2. The van der Waals surface area contributed by atoms with Crippen LogP contribution in [0, 0.1) is 0 Å². The molecular formula is C10H16ClNO2. The Morgan fingerprint density at radius 1 is 1.43 bits per heavy atom. The molecule has 2 heterocycles. The molecular weight excluding hydrogens is 202 g/mol. The Hall–Kier alpha value is 0.170. The third-order valence-electron chi connectivity index (χ3n) is 3.37. The topological polar surface area (TPSA) is 21.7 Å². The molecule has 0 aromatic rings. The van der Waals surface area contributed by atoms with E-state index in [4.69, 9.17) is 21.1 Å². The number of alkyl halides is 1. The summed E-state index contributed by atoms with van der Waals surface area (Å²) in [5, 5.41) is 0. The van der Waals surface area contributed by atoms with Gasteiger partial charge in [0.05, 0.1) is 25.1 Å². The van der Waals surface area contributed by atoms with Gasteiger partial charge < -0.3 is 9.47 Å². The molecule has 2 atom stereocenters. The van der Waals surface area contributed by atoms with Gasteiger partial charge in [-0.1, -0.05) is 0 Å². The first-order valence-corrected chi connectivity index (χ1v) is 5.97. The van der Waals surface area contributed by atoms with E-state index in [9.17, 15) is 0 Å². The summed E-state index contributed by atoms with van der Waals surface area (Å²) in [7, 11) is 0. The van der Waals surface area contributed by atoms with E-state index in [2.05, 4.69) is 4.90 Å². The van der Waals surface area contributed by atoms with Crippen LogP contribution in [-0.4, -0.2) is 48.4 Å². The van der Waals surface area contributed by atoms with Crippen molar-refractivity contribution in [3.63, 3.8) is 0 Å². The van der Waals surface area contributed by atoms with Crippen LogP contribution in [0.5, 0.6) is 0 Å². The molecule has 0 bridgehead atoms. The average Bonchev–Trinajstić information content (AvgIpc) is 2.87. The van der Waals surface area contributed by atoms with Crippen molar-refractivity contribution in [2.24, 2.45) is 0 Å². The van der Waals surface area contributed by atoms with Gasteiger partial charge in [0.1, 0.15) is 0 Å². The van der Waals surface area contributed by atoms with Gasteiger partial charge in [0.25, 0.3) is 0 Å². The lowest BCUT2D eigenvalue weighted by atomic mass is 10.2. The van der Waals surface area contributed by atoms with Gasteiger partial charge in [0, 0.05) is 19.0 Å². The first-order valence-electron chi connectivity index (χ1n) is 5.43. The Kier molecular flexibility index (Phi) is 2.24. The minimum absolute atomic E-state index is 0.107. The molecule has 3 fully saturated rings. The van der Waals surface area contributed by atoms with Crippen LogP contribution in [0.3, 0.4) is 0 Å². The van der Waals surface area contributed by atoms with E-state index in [-0.39, 0.29) is 11.9 Å². The Morgan fingerprint density at radius 2 is 2.29 bits per heavy atom. The largest absolute Gasteiger partial charge is 0.346 e. The van der Waals surface area contributed by atoms with Crippen LogP contribution in [0.15, 0.2) is 0 Å². The number of hydrogen-bond acceptors (Lipinski definition) is 3. The minimum atomic E-state index is -0.303. The number of hydrogen-bond donors (Lipinski definition) is 0. The van der Waals surface area contributed by atoms with E-state index in [0.29, 0.717) is 12.5 Å². The van der Waals surface area contributed by atoms with Crippen molar-refractivity contribution in [2.75, 3.05) is 25.6 Å². The average molecular weight is 218 g/mol. The second-order valence-electron chi connectivity index (χ2n) is 4.57. The fourth-order valence-corrected chi connectivity index (χ4v) is 2.59. The van der Waals surface area contributed by atoms with E-state index in [0.717, 1.165) is 25.6 Å². The lowest BCUT2D eigenvalue weighted by Crippen LogP contribution is -2.35. The highest BCUT2D eigenvalue weighted by atomic mass is 35.5. The maximum absolute atomic E-state index is 5.87. The summed E-state index contributed by atoms with van der Waals surface area (Å²) < 4.78 is 11.6. The van der Waals surface area contributed by atoms with E-state index in [1.54, 1.807) is 0 Å². The predicted molar refractivity (Wildman–Crippen MR) is 53.5 cm³/mol. The number of nitrogens with zero attached hydrogens (tertiary/aromatic N) is 1. The normalized spacial score (nSPS) is 43.9. The molecule has 0 radical (unpaired) electrons. The van der Waals surface area contributed by atoms with Crippen LogP contribution < -0.4 is 0 Å². The van der Waals surface area contributed by atoms with Crippen molar-refractivity contribution in [1.82, 2.24) is 4.90 Å². The zero-order valence-electron chi connectivity index (χ0n) is 8.25. The summed E-state index contributed by atoms with van der Waals surface area (Å²) >= 11 is 5.76. The molecule has 0 amide bonds. The van der Waals surface area contributed by atoms with Crippen LogP contribution in [-0.2, 0) is 9.47 Å². The molecule has 3 nitrogen and oxygen atoms in total. The molecule has 3 aliphatic rings. The molecule has 1 saturated carbocycles. The van der Waals surface area contributed by atoms with Gasteiger partial charge in [-0.15, -0.1) is 11.6 Å². The van der Waals surface area contributed by atoms with Gasteiger partial charge in [-0.2, -0.15) is 0 Å². The van der Waals surface area contributed by atoms with Gasteiger partial charge in [-0.25, -0.2) is 0 Å².